The van der Waals surface area contributed by atoms with Gasteiger partial charge in [-0.25, -0.2) is 4.98 Å². The van der Waals surface area contributed by atoms with Gasteiger partial charge in [0.25, 0.3) is 0 Å². The molecule has 0 saturated heterocycles. The lowest BCUT2D eigenvalue weighted by molar-refractivity contribution is -0.137. The third-order valence-corrected chi connectivity index (χ3v) is 4.12. The Kier molecular flexibility index (Phi) is 5.06. The summed E-state index contributed by atoms with van der Waals surface area (Å²) in [5.74, 6) is 0.165. The minimum absolute atomic E-state index is 0.105. The topological polar surface area (TPSA) is 46.5 Å². The van der Waals surface area contributed by atoms with Crippen LogP contribution in [-0.4, -0.2) is 23.3 Å². The van der Waals surface area contributed by atoms with E-state index in [1.54, 1.807) is 12.1 Å². The first-order valence-corrected chi connectivity index (χ1v) is 8.04. The molecule has 3 rings (SSSR count). The number of nitrogens with one attached hydrogen (secondary N) is 1. The molecule has 1 aliphatic rings. The van der Waals surface area contributed by atoms with Crippen LogP contribution < -0.4 is 5.32 Å². The van der Waals surface area contributed by atoms with Crippen molar-refractivity contribution in [2.75, 3.05) is 11.9 Å². The Morgan fingerprint density at radius 2 is 1.92 bits per heavy atom. The second-order valence-corrected chi connectivity index (χ2v) is 6.25. The molecule has 132 valence electrons. The molecule has 1 N–H and O–H groups in total. The molecule has 25 heavy (non-hydrogen) atoms. The zero-order valence-electron chi connectivity index (χ0n) is 12.6. The third kappa shape index (κ3) is 4.35. The van der Waals surface area contributed by atoms with Crippen LogP contribution in [0.5, 0.6) is 0 Å². The normalized spacial score (nSPS) is 17.2. The van der Waals surface area contributed by atoms with Crippen LogP contribution in [0.15, 0.2) is 41.7 Å². The SMILES string of the molecule is FC(F)(F)c1cnc(NC[C@H]2CC(c3ccc(Cl)cc3)=NO2)c(Cl)c1. The van der Waals surface area contributed by atoms with Crippen molar-refractivity contribution < 1.29 is 18.0 Å². The van der Waals surface area contributed by atoms with E-state index in [1.807, 2.05) is 12.1 Å². The molecule has 1 aromatic heterocycles. The summed E-state index contributed by atoms with van der Waals surface area (Å²) in [4.78, 5) is 9.05. The molecule has 1 aromatic carbocycles. The molecule has 1 aliphatic heterocycles. The molecule has 2 heterocycles. The quantitative estimate of drug-likeness (QED) is 0.798. The highest BCUT2D eigenvalue weighted by Gasteiger charge is 2.31. The molecule has 0 aliphatic carbocycles. The maximum Gasteiger partial charge on any atom is 0.417 e. The van der Waals surface area contributed by atoms with Gasteiger partial charge < -0.3 is 10.2 Å². The Bertz CT molecular complexity index is 794. The van der Waals surface area contributed by atoms with Gasteiger partial charge in [0, 0.05) is 17.6 Å². The largest absolute Gasteiger partial charge is 0.417 e. The Morgan fingerprint density at radius 1 is 1.20 bits per heavy atom. The molecule has 4 nitrogen and oxygen atoms in total. The minimum Gasteiger partial charge on any atom is -0.390 e. The van der Waals surface area contributed by atoms with Crippen LogP contribution in [0.3, 0.4) is 0 Å². The van der Waals surface area contributed by atoms with Crippen molar-refractivity contribution in [1.82, 2.24) is 4.98 Å². The maximum absolute atomic E-state index is 12.6. The second kappa shape index (κ2) is 7.09. The lowest BCUT2D eigenvalue weighted by Gasteiger charge is -2.13. The van der Waals surface area contributed by atoms with Crippen molar-refractivity contribution >= 4 is 34.7 Å². The lowest BCUT2D eigenvalue weighted by Crippen LogP contribution is -2.21. The average Bonchev–Trinajstić information content (AvgIpc) is 3.02. The summed E-state index contributed by atoms with van der Waals surface area (Å²) in [6.45, 7) is 0.304. The van der Waals surface area contributed by atoms with Crippen molar-refractivity contribution in [3.63, 3.8) is 0 Å². The number of anilines is 1. The number of alkyl halides is 3. The third-order valence-electron chi connectivity index (χ3n) is 3.58. The van der Waals surface area contributed by atoms with E-state index < -0.39 is 11.7 Å². The summed E-state index contributed by atoms with van der Waals surface area (Å²) in [5, 5.41) is 7.44. The number of nitrogens with zero attached hydrogens (tertiary/aromatic N) is 2. The zero-order valence-corrected chi connectivity index (χ0v) is 14.2. The number of halogens is 5. The van der Waals surface area contributed by atoms with E-state index in [9.17, 15) is 13.2 Å². The zero-order chi connectivity index (χ0) is 18.0. The summed E-state index contributed by atoms with van der Waals surface area (Å²) >= 11 is 11.7. The van der Waals surface area contributed by atoms with Crippen LogP contribution in [0.1, 0.15) is 17.5 Å². The van der Waals surface area contributed by atoms with Gasteiger partial charge in [-0.05, 0) is 23.8 Å². The highest BCUT2D eigenvalue weighted by atomic mass is 35.5. The number of oxime groups is 1. The van der Waals surface area contributed by atoms with Crippen LogP contribution in [0, 0.1) is 0 Å². The number of benzene rings is 1. The van der Waals surface area contributed by atoms with Gasteiger partial charge in [0.1, 0.15) is 11.9 Å². The lowest BCUT2D eigenvalue weighted by atomic mass is 10.1. The average molecular weight is 390 g/mol. The summed E-state index contributed by atoms with van der Waals surface area (Å²) in [7, 11) is 0. The Labute approximate surface area is 151 Å². The Morgan fingerprint density at radius 3 is 2.56 bits per heavy atom. The van der Waals surface area contributed by atoms with E-state index in [4.69, 9.17) is 28.0 Å². The molecular formula is C16H12Cl2F3N3O. The number of aromatic nitrogens is 1. The first-order chi connectivity index (χ1) is 11.8. The molecular weight excluding hydrogens is 378 g/mol. The van der Waals surface area contributed by atoms with Gasteiger partial charge in [0.2, 0.25) is 0 Å². The molecule has 1 atom stereocenters. The fourth-order valence-electron chi connectivity index (χ4n) is 2.28. The van der Waals surface area contributed by atoms with E-state index in [1.165, 1.54) is 0 Å². The number of hydrogen-bond acceptors (Lipinski definition) is 4. The van der Waals surface area contributed by atoms with E-state index in [0.717, 1.165) is 23.5 Å². The van der Waals surface area contributed by atoms with Crippen LogP contribution in [0.25, 0.3) is 0 Å². The first-order valence-electron chi connectivity index (χ1n) is 7.28. The summed E-state index contributed by atoms with van der Waals surface area (Å²) in [5.41, 5.74) is 0.779. The molecule has 0 unspecified atom stereocenters. The molecule has 9 heteroatoms. The van der Waals surface area contributed by atoms with E-state index >= 15 is 0 Å². The molecule has 0 amide bonds. The van der Waals surface area contributed by atoms with Gasteiger partial charge >= 0.3 is 6.18 Å². The van der Waals surface area contributed by atoms with Gasteiger partial charge in [0.15, 0.2) is 0 Å². The monoisotopic (exact) mass is 389 g/mol. The van der Waals surface area contributed by atoms with Gasteiger partial charge in [-0.3, -0.25) is 0 Å². The van der Waals surface area contributed by atoms with Crippen LogP contribution in [-0.2, 0) is 11.0 Å². The molecule has 2 aromatic rings. The van der Waals surface area contributed by atoms with E-state index in [0.29, 0.717) is 18.0 Å². The molecule has 0 spiro atoms. The predicted octanol–water partition coefficient (Wildman–Crippen LogP) is 5.01. The van der Waals surface area contributed by atoms with Crippen molar-refractivity contribution in [2.45, 2.75) is 18.7 Å². The standard InChI is InChI=1S/C16H12Cl2F3N3O/c17-11-3-1-9(2-4-11)14-6-12(25-24-14)8-23-15-13(18)5-10(7-22-15)16(19,20)21/h1-5,7,12H,6,8H2,(H,22,23)/t12-/m1/s1. The molecule has 0 saturated carbocycles. The van der Waals surface area contributed by atoms with Gasteiger partial charge in [-0.1, -0.05) is 40.5 Å². The van der Waals surface area contributed by atoms with Crippen LogP contribution in [0.4, 0.5) is 19.0 Å². The van der Waals surface area contributed by atoms with Crippen LogP contribution >= 0.6 is 23.2 Å². The molecule has 0 radical (unpaired) electrons. The molecule has 0 bridgehead atoms. The fraction of sp³-hybridized carbons (Fsp3) is 0.250. The van der Waals surface area contributed by atoms with Crippen molar-refractivity contribution in [3.8, 4) is 0 Å². The highest BCUT2D eigenvalue weighted by Crippen LogP contribution is 2.32. The number of hydrogen-bond donors (Lipinski definition) is 1. The van der Waals surface area contributed by atoms with Gasteiger partial charge in [-0.2, -0.15) is 13.2 Å². The number of rotatable bonds is 4. The maximum atomic E-state index is 12.6. The second-order valence-electron chi connectivity index (χ2n) is 5.41. The van der Waals surface area contributed by atoms with E-state index in [2.05, 4.69) is 15.5 Å². The molecule has 0 fully saturated rings. The van der Waals surface area contributed by atoms with E-state index in [-0.39, 0.29) is 16.9 Å². The van der Waals surface area contributed by atoms with Crippen LogP contribution in [0.2, 0.25) is 10.0 Å². The van der Waals surface area contributed by atoms with Crippen molar-refractivity contribution in [2.24, 2.45) is 5.16 Å². The predicted molar refractivity (Wildman–Crippen MR) is 90.2 cm³/mol. The summed E-state index contributed by atoms with van der Waals surface area (Å²) < 4.78 is 37.8. The summed E-state index contributed by atoms with van der Waals surface area (Å²) in [6, 6.07) is 8.04. The van der Waals surface area contributed by atoms with Crippen molar-refractivity contribution in [1.29, 1.82) is 0 Å². The Hall–Kier alpha value is -1.99. The van der Waals surface area contributed by atoms with Gasteiger partial charge in [0.05, 0.1) is 22.8 Å². The van der Waals surface area contributed by atoms with Gasteiger partial charge in [-0.15, -0.1) is 0 Å². The highest BCUT2D eigenvalue weighted by molar-refractivity contribution is 6.33. The minimum atomic E-state index is -4.48. The fourth-order valence-corrected chi connectivity index (χ4v) is 2.64. The smallest absolute Gasteiger partial charge is 0.390 e. The van der Waals surface area contributed by atoms with Crippen molar-refractivity contribution in [3.05, 3.63) is 57.7 Å². The number of pyridine rings is 1. The summed E-state index contributed by atoms with van der Waals surface area (Å²) in [6.07, 6.45) is -3.47. The first kappa shape index (κ1) is 17.8. The Balaban J connectivity index is 1.58.